The van der Waals surface area contributed by atoms with Crippen molar-refractivity contribution in [2.75, 3.05) is 19.8 Å². The molecule has 1 rings (SSSR count). The second-order valence-electron chi connectivity index (χ2n) is 2.48. The Hall–Kier alpha value is -0.550. The van der Waals surface area contributed by atoms with Crippen molar-refractivity contribution in [2.45, 2.75) is 19.3 Å². The summed E-state index contributed by atoms with van der Waals surface area (Å²) in [5.41, 5.74) is 0. The van der Waals surface area contributed by atoms with Crippen molar-refractivity contribution in [3.63, 3.8) is 0 Å². The fourth-order valence-corrected chi connectivity index (χ4v) is 1.20. The number of rotatable bonds is 1. The van der Waals surface area contributed by atoms with Crippen molar-refractivity contribution in [1.29, 1.82) is 0 Å². The zero-order valence-corrected chi connectivity index (χ0v) is 5.64. The molecule has 0 aliphatic carbocycles. The van der Waals surface area contributed by atoms with Crippen molar-refractivity contribution in [3.8, 4) is 0 Å². The van der Waals surface area contributed by atoms with Crippen LogP contribution in [0.1, 0.15) is 19.3 Å². The topological polar surface area (TPSA) is 7.60 Å². The van der Waals surface area contributed by atoms with Gasteiger partial charge in [-0.15, -0.1) is 0 Å². The van der Waals surface area contributed by atoms with Gasteiger partial charge in [-0.3, -0.25) is 4.85 Å². The molecule has 0 saturated carbocycles. The fraction of sp³-hybridized carbons (Fsp3) is 0.857. The van der Waals surface area contributed by atoms with Crippen molar-refractivity contribution in [2.24, 2.45) is 0 Å². The van der Waals surface area contributed by atoms with Crippen molar-refractivity contribution < 1.29 is 0 Å². The molecule has 0 amide bonds. The molecule has 1 aliphatic heterocycles. The lowest BCUT2D eigenvalue weighted by atomic mass is 10.1. The molecule has 9 heavy (non-hydrogen) atoms. The maximum Gasteiger partial charge on any atom is 0.270 e. The molecule has 0 aromatic heterocycles. The Morgan fingerprint density at radius 1 is 1.22 bits per heavy atom. The highest BCUT2D eigenvalue weighted by molar-refractivity contribution is 4.67. The van der Waals surface area contributed by atoms with E-state index < -0.39 is 0 Å². The summed E-state index contributed by atoms with van der Waals surface area (Å²) in [6.07, 6.45) is 3.93. The Morgan fingerprint density at radius 2 is 1.89 bits per heavy atom. The van der Waals surface area contributed by atoms with Gasteiger partial charge in [0.2, 0.25) is 0 Å². The lowest BCUT2D eigenvalue weighted by Gasteiger charge is -2.20. The predicted octanol–water partition coefficient (Wildman–Crippen LogP) is 1.35. The summed E-state index contributed by atoms with van der Waals surface area (Å²) in [4.78, 5) is 5.55. The van der Waals surface area contributed by atoms with Crippen molar-refractivity contribution >= 4 is 0 Å². The second kappa shape index (κ2) is 3.47. The predicted molar refractivity (Wildman–Crippen MR) is 36.9 cm³/mol. The molecule has 0 bridgehead atoms. The van der Waals surface area contributed by atoms with Gasteiger partial charge in [0.1, 0.15) is 0 Å². The van der Waals surface area contributed by atoms with E-state index in [1.54, 1.807) is 0 Å². The van der Waals surface area contributed by atoms with Gasteiger partial charge in [0.15, 0.2) is 0 Å². The van der Waals surface area contributed by atoms with Gasteiger partial charge in [0, 0.05) is 13.1 Å². The summed E-state index contributed by atoms with van der Waals surface area (Å²) < 4.78 is 0. The van der Waals surface area contributed by atoms with E-state index in [-0.39, 0.29) is 0 Å². The standard InChI is InChI=1S/C7H12N2/c1-8-7-9-5-3-2-4-6-9/h2-7H2. The van der Waals surface area contributed by atoms with Crippen LogP contribution in [0.5, 0.6) is 0 Å². The number of hydrogen-bond acceptors (Lipinski definition) is 1. The number of likely N-dealkylation sites (tertiary alicyclic amines) is 1. The lowest BCUT2D eigenvalue weighted by Crippen LogP contribution is -2.29. The summed E-state index contributed by atoms with van der Waals surface area (Å²) in [7, 11) is 0. The first-order valence-electron chi connectivity index (χ1n) is 3.49. The zero-order valence-electron chi connectivity index (χ0n) is 5.64. The van der Waals surface area contributed by atoms with Gasteiger partial charge < -0.3 is 0 Å². The van der Waals surface area contributed by atoms with E-state index in [1.807, 2.05) is 0 Å². The van der Waals surface area contributed by atoms with Crippen molar-refractivity contribution in [1.82, 2.24) is 4.90 Å². The Balaban J connectivity index is 2.17. The minimum Gasteiger partial charge on any atom is -0.299 e. The molecule has 2 nitrogen and oxygen atoms in total. The Morgan fingerprint density at radius 3 is 2.44 bits per heavy atom. The molecule has 0 aromatic carbocycles. The number of hydrogen-bond donors (Lipinski definition) is 0. The normalized spacial score (nSPS) is 21.2. The third-order valence-corrected chi connectivity index (χ3v) is 1.72. The van der Waals surface area contributed by atoms with Crippen LogP contribution in [0, 0.1) is 6.57 Å². The molecular weight excluding hydrogens is 112 g/mol. The van der Waals surface area contributed by atoms with Gasteiger partial charge in [-0.05, 0) is 12.8 Å². The lowest BCUT2D eigenvalue weighted by molar-refractivity contribution is 0.250. The SMILES string of the molecule is [C-]#[N+]CN1CCCCC1. The molecule has 0 atom stereocenters. The van der Waals surface area contributed by atoms with Gasteiger partial charge in [-0.1, -0.05) is 6.42 Å². The highest BCUT2D eigenvalue weighted by Crippen LogP contribution is 2.07. The molecule has 0 spiro atoms. The van der Waals surface area contributed by atoms with E-state index in [9.17, 15) is 0 Å². The maximum atomic E-state index is 6.62. The average molecular weight is 124 g/mol. The third kappa shape index (κ3) is 2.03. The first-order chi connectivity index (χ1) is 4.43. The fourth-order valence-electron chi connectivity index (χ4n) is 1.20. The summed E-state index contributed by atoms with van der Waals surface area (Å²) >= 11 is 0. The average Bonchev–Trinajstić information content (AvgIpc) is 1.91. The van der Waals surface area contributed by atoms with Crippen LogP contribution in [0.4, 0.5) is 0 Å². The molecular formula is C7H12N2. The first kappa shape index (κ1) is 6.57. The first-order valence-corrected chi connectivity index (χ1v) is 3.49. The van der Waals surface area contributed by atoms with Crippen LogP contribution in [0.15, 0.2) is 0 Å². The van der Waals surface area contributed by atoms with Gasteiger partial charge in [-0.25, -0.2) is 11.5 Å². The molecule has 0 radical (unpaired) electrons. The molecule has 1 aliphatic rings. The highest BCUT2D eigenvalue weighted by Gasteiger charge is 2.10. The summed E-state index contributed by atoms with van der Waals surface area (Å²) in [5.74, 6) is 0. The molecule has 1 heterocycles. The van der Waals surface area contributed by atoms with Gasteiger partial charge in [-0.2, -0.15) is 0 Å². The Bertz CT molecular complexity index is 109. The van der Waals surface area contributed by atoms with Gasteiger partial charge in [0.25, 0.3) is 6.67 Å². The molecule has 50 valence electrons. The molecule has 0 unspecified atom stereocenters. The van der Waals surface area contributed by atoms with Crippen molar-refractivity contribution in [3.05, 3.63) is 11.4 Å². The molecule has 2 heteroatoms. The molecule has 0 N–H and O–H groups in total. The van der Waals surface area contributed by atoms with Crippen LogP contribution in [-0.2, 0) is 0 Å². The largest absolute Gasteiger partial charge is 0.299 e. The van der Waals surface area contributed by atoms with Crippen LogP contribution in [0.3, 0.4) is 0 Å². The van der Waals surface area contributed by atoms with Crippen LogP contribution in [-0.4, -0.2) is 24.7 Å². The summed E-state index contributed by atoms with van der Waals surface area (Å²) in [5, 5.41) is 0. The second-order valence-corrected chi connectivity index (χ2v) is 2.48. The third-order valence-electron chi connectivity index (χ3n) is 1.72. The Labute approximate surface area is 56.3 Å². The van der Waals surface area contributed by atoms with Crippen LogP contribution in [0.2, 0.25) is 0 Å². The minimum atomic E-state index is 0.611. The molecule has 1 saturated heterocycles. The maximum absolute atomic E-state index is 6.62. The number of piperidine rings is 1. The van der Waals surface area contributed by atoms with E-state index >= 15 is 0 Å². The van der Waals surface area contributed by atoms with E-state index in [1.165, 1.54) is 19.3 Å². The summed E-state index contributed by atoms with van der Waals surface area (Å²) in [6.45, 7) is 9.52. The number of nitrogens with zero attached hydrogens (tertiary/aromatic N) is 2. The minimum absolute atomic E-state index is 0.611. The van der Waals surface area contributed by atoms with Gasteiger partial charge in [0.05, 0.1) is 0 Å². The highest BCUT2D eigenvalue weighted by atomic mass is 15.2. The monoisotopic (exact) mass is 124 g/mol. The zero-order chi connectivity index (χ0) is 6.53. The molecule has 0 aromatic rings. The summed E-state index contributed by atoms with van der Waals surface area (Å²) in [6, 6.07) is 0. The van der Waals surface area contributed by atoms with Crippen LogP contribution < -0.4 is 0 Å². The smallest absolute Gasteiger partial charge is 0.270 e. The molecule has 1 fully saturated rings. The van der Waals surface area contributed by atoms with E-state index in [4.69, 9.17) is 6.57 Å². The van der Waals surface area contributed by atoms with E-state index in [0.717, 1.165) is 13.1 Å². The van der Waals surface area contributed by atoms with Crippen LogP contribution in [0.25, 0.3) is 4.85 Å². The van der Waals surface area contributed by atoms with E-state index in [2.05, 4.69) is 9.74 Å². The van der Waals surface area contributed by atoms with Gasteiger partial charge >= 0.3 is 0 Å². The van der Waals surface area contributed by atoms with Crippen LogP contribution >= 0.6 is 0 Å². The van der Waals surface area contributed by atoms with E-state index in [0.29, 0.717) is 6.67 Å². The quantitative estimate of drug-likeness (QED) is 0.479. The Kier molecular flexibility index (Phi) is 2.53.